The summed E-state index contributed by atoms with van der Waals surface area (Å²) in [5, 5.41) is 12.7. The van der Waals surface area contributed by atoms with E-state index in [-0.39, 0.29) is 0 Å². The van der Waals surface area contributed by atoms with Crippen molar-refractivity contribution in [2.45, 2.75) is 6.54 Å². The third-order valence-corrected chi connectivity index (χ3v) is 5.01. The zero-order chi connectivity index (χ0) is 18.7. The molecule has 3 rings (SSSR count). The van der Waals surface area contributed by atoms with Gasteiger partial charge in [-0.3, -0.25) is 4.68 Å². The first-order chi connectivity index (χ1) is 12.4. The van der Waals surface area contributed by atoms with Gasteiger partial charge < -0.3 is 10.6 Å². The molecule has 0 saturated heterocycles. The number of anilines is 2. The topological polar surface area (TPSA) is 41.9 Å². The van der Waals surface area contributed by atoms with Crippen molar-refractivity contribution in [2.75, 3.05) is 10.6 Å². The lowest BCUT2D eigenvalue weighted by atomic mass is 10.2. The van der Waals surface area contributed by atoms with Gasteiger partial charge in [-0.2, -0.15) is 5.10 Å². The number of thiocarbonyl (C=S) groups is 1. The summed E-state index contributed by atoms with van der Waals surface area (Å²) in [4.78, 5) is 0. The van der Waals surface area contributed by atoms with E-state index in [0.29, 0.717) is 38.2 Å². The van der Waals surface area contributed by atoms with E-state index < -0.39 is 0 Å². The Balaban J connectivity index is 1.63. The highest BCUT2D eigenvalue weighted by Crippen LogP contribution is 2.26. The standard InChI is InChI=1S/C17H12BrCl3N4S/c18-11-2-4-15(14(21)7-11)22-17(26)23-16-5-6-25(24-16)9-10-1-3-12(19)8-13(10)20/h1-8H,9H2,(H2,22,23,24,26). The molecule has 0 saturated carbocycles. The molecule has 134 valence electrons. The van der Waals surface area contributed by atoms with Crippen molar-refractivity contribution in [2.24, 2.45) is 0 Å². The van der Waals surface area contributed by atoms with Gasteiger partial charge in [0.1, 0.15) is 0 Å². The predicted octanol–water partition coefficient (Wildman–Crippen LogP) is 6.46. The van der Waals surface area contributed by atoms with E-state index in [0.717, 1.165) is 10.0 Å². The summed E-state index contributed by atoms with van der Waals surface area (Å²) >= 11 is 27.0. The van der Waals surface area contributed by atoms with Crippen LogP contribution in [0.25, 0.3) is 0 Å². The molecule has 0 bridgehead atoms. The van der Waals surface area contributed by atoms with Crippen molar-refractivity contribution in [3.8, 4) is 0 Å². The second-order valence-electron chi connectivity index (χ2n) is 5.34. The van der Waals surface area contributed by atoms with Crippen LogP contribution >= 0.6 is 63.0 Å². The van der Waals surface area contributed by atoms with Crippen molar-refractivity contribution < 1.29 is 0 Å². The number of nitrogens with one attached hydrogen (secondary N) is 2. The second-order valence-corrected chi connectivity index (χ2v) is 7.91. The highest BCUT2D eigenvalue weighted by atomic mass is 79.9. The predicted molar refractivity (Wildman–Crippen MR) is 117 cm³/mol. The van der Waals surface area contributed by atoms with Crippen LogP contribution in [0.2, 0.25) is 15.1 Å². The first-order valence-corrected chi connectivity index (χ1v) is 9.74. The molecule has 0 fully saturated rings. The van der Waals surface area contributed by atoms with Crippen molar-refractivity contribution >= 4 is 79.6 Å². The van der Waals surface area contributed by atoms with Crippen LogP contribution in [0.1, 0.15) is 5.56 Å². The highest BCUT2D eigenvalue weighted by Gasteiger charge is 2.07. The number of nitrogens with zero attached hydrogens (tertiary/aromatic N) is 2. The van der Waals surface area contributed by atoms with Gasteiger partial charge in [0, 0.05) is 26.8 Å². The van der Waals surface area contributed by atoms with E-state index in [9.17, 15) is 0 Å². The lowest BCUT2D eigenvalue weighted by molar-refractivity contribution is 0.690. The Morgan fingerprint density at radius 2 is 1.85 bits per heavy atom. The summed E-state index contributed by atoms with van der Waals surface area (Å²) in [6.07, 6.45) is 1.84. The molecule has 26 heavy (non-hydrogen) atoms. The highest BCUT2D eigenvalue weighted by molar-refractivity contribution is 9.10. The maximum atomic E-state index is 6.20. The van der Waals surface area contributed by atoms with Crippen LogP contribution in [0.3, 0.4) is 0 Å². The average Bonchev–Trinajstić information content (AvgIpc) is 3.00. The summed E-state index contributed by atoms with van der Waals surface area (Å²) in [7, 11) is 0. The molecule has 2 N–H and O–H groups in total. The molecule has 0 spiro atoms. The molecule has 1 aromatic heterocycles. The molecule has 0 amide bonds. The zero-order valence-corrected chi connectivity index (χ0v) is 17.8. The van der Waals surface area contributed by atoms with Gasteiger partial charge in [-0.05, 0) is 48.1 Å². The SMILES string of the molecule is S=C(Nc1ccn(Cc2ccc(Cl)cc2Cl)n1)Nc1ccc(Br)cc1Cl. The Morgan fingerprint density at radius 3 is 2.58 bits per heavy atom. The van der Waals surface area contributed by atoms with E-state index in [2.05, 4.69) is 31.7 Å². The normalized spacial score (nSPS) is 10.6. The Morgan fingerprint density at radius 1 is 1.04 bits per heavy atom. The number of aromatic nitrogens is 2. The minimum absolute atomic E-state index is 0.393. The summed E-state index contributed by atoms with van der Waals surface area (Å²) in [6, 6.07) is 12.7. The monoisotopic (exact) mass is 488 g/mol. The summed E-state index contributed by atoms with van der Waals surface area (Å²) in [5.74, 6) is 0.612. The Kier molecular flexibility index (Phi) is 6.42. The minimum atomic E-state index is 0.393. The first-order valence-electron chi connectivity index (χ1n) is 7.41. The van der Waals surface area contributed by atoms with Gasteiger partial charge in [0.05, 0.1) is 17.3 Å². The van der Waals surface area contributed by atoms with E-state index in [4.69, 9.17) is 47.0 Å². The van der Waals surface area contributed by atoms with Crippen LogP contribution in [0, 0.1) is 0 Å². The maximum absolute atomic E-state index is 6.20. The van der Waals surface area contributed by atoms with Crippen LogP contribution < -0.4 is 10.6 Å². The molecule has 0 radical (unpaired) electrons. The molecule has 4 nitrogen and oxygen atoms in total. The molecule has 9 heteroatoms. The molecule has 1 heterocycles. The molecule has 2 aromatic carbocycles. The van der Waals surface area contributed by atoms with Crippen molar-refractivity contribution in [1.82, 2.24) is 9.78 Å². The van der Waals surface area contributed by atoms with Crippen LogP contribution in [-0.2, 0) is 6.54 Å². The Bertz CT molecular complexity index is 961. The fourth-order valence-electron chi connectivity index (χ4n) is 2.20. The largest absolute Gasteiger partial charge is 0.331 e. The van der Waals surface area contributed by atoms with E-state index in [1.807, 2.05) is 30.5 Å². The smallest absolute Gasteiger partial charge is 0.176 e. The van der Waals surface area contributed by atoms with Crippen molar-refractivity contribution in [3.05, 3.63) is 73.8 Å². The van der Waals surface area contributed by atoms with Crippen molar-refractivity contribution in [3.63, 3.8) is 0 Å². The molecule has 0 unspecified atom stereocenters. The molecule has 0 atom stereocenters. The molecular formula is C17H12BrCl3N4S. The third kappa shape index (κ3) is 5.11. The van der Waals surface area contributed by atoms with Gasteiger partial charge in [-0.25, -0.2) is 0 Å². The van der Waals surface area contributed by atoms with Crippen LogP contribution in [-0.4, -0.2) is 14.9 Å². The van der Waals surface area contributed by atoms with Gasteiger partial charge in [-0.15, -0.1) is 0 Å². The van der Waals surface area contributed by atoms with Gasteiger partial charge in [0.25, 0.3) is 0 Å². The molecule has 0 aliphatic carbocycles. The van der Waals surface area contributed by atoms with Gasteiger partial charge in [0.15, 0.2) is 10.9 Å². The van der Waals surface area contributed by atoms with E-state index >= 15 is 0 Å². The van der Waals surface area contributed by atoms with E-state index in [1.165, 1.54) is 0 Å². The summed E-state index contributed by atoms with van der Waals surface area (Å²) < 4.78 is 2.65. The third-order valence-electron chi connectivity index (χ3n) is 3.41. The summed E-state index contributed by atoms with van der Waals surface area (Å²) in [6.45, 7) is 0.524. The lowest BCUT2D eigenvalue weighted by Crippen LogP contribution is -2.19. The molecule has 0 aliphatic rings. The van der Waals surface area contributed by atoms with Crippen molar-refractivity contribution in [1.29, 1.82) is 0 Å². The lowest BCUT2D eigenvalue weighted by Gasteiger charge is -2.10. The second kappa shape index (κ2) is 8.59. The van der Waals surface area contributed by atoms with Crippen LogP contribution in [0.4, 0.5) is 11.5 Å². The van der Waals surface area contributed by atoms with Gasteiger partial charge in [-0.1, -0.05) is 56.8 Å². The molecule has 0 aliphatic heterocycles. The van der Waals surface area contributed by atoms with Gasteiger partial charge >= 0.3 is 0 Å². The number of benzene rings is 2. The number of halogens is 4. The molecular weight excluding hydrogens is 479 g/mol. The Hall–Kier alpha value is -1.31. The maximum Gasteiger partial charge on any atom is 0.176 e. The number of hydrogen-bond donors (Lipinski definition) is 2. The van der Waals surface area contributed by atoms with E-state index in [1.54, 1.807) is 22.9 Å². The zero-order valence-electron chi connectivity index (χ0n) is 13.1. The fourth-order valence-corrected chi connectivity index (χ4v) is 3.61. The Labute approximate surface area is 179 Å². The average molecular weight is 491 g/mol. The van der Waals surface area contributed by atoms with Crippen LogP contribution in [0.5, 0.6) is 0 Å². The number of rotatable bonds is 4. The van der Waals surface area contributed by atoms with Gasteiger partial charge in [0.2, 0.25) is 0 Å². The minimum Gasteiger partial charge on any atom is -0.331 e. The quantitative estimate of drug-likeness (QED) is 0.412. The molecule has 3 aromatic rings. The number of hydrogen-bond acceptors (Lipinski definition) is 2. The summed E-state index contributed by atoms with van der Waals surface area (Å²) in [5.41, 5.74) is 1.63. The first kappa shape index (κ1) is 19.5. The van der Waals surface area contributed by atoms with Crippen LogP contribution in [0.15, 0.2) is 53.1 Å². The fraction of sp³-hybridized carbons (Fsp3) is 0.0588.